The number of ether oxygens (including phenoxy) is 1. The van der Waals surface area contributed by atoms with Crippen LogP contribution in [0.15, 0.2) is 24.4 Å². The Morgan fingerprint density at radius 1 is 1.14 bits per heavy atom. The van der Waals surface area contributed by atoms with E-state index in [1.54, 1.807) is 0 Å². The molecule has 4 rings (SSSR count). The minimum absolute atomic E-state index is 0.461. The lowest BCUT2D eigenvalue weighted by molar-refractivity contribution is 0.0836. The zero-order valence-electron chi connectivity index (χ0n) is 13.0. The molecular formula is C18H23N3O. The fourth-order valence-electron chi connectivity index (χ4n) is 3.55. The molecule has 116 valence electrons. The molecule has 2 aliphatic rings. The Balaban J connectivity index is 1.55. The molecule has 0 N–H and O–H groups in total. The summed E-state index contributed by atoms with van der Waals surface area (Å²) in [4.78, 5) is 11.9. The summed E-state index contributed by atoms with van der Waals surface area (Å²) in [5, 5.41) is 1.16. The smallest absolute Gasteiger partial charge is 0.132 e. The SMILES string of the molecule is c1cc2nc(C3CCOCC3)ncc2cc1CN1CCCC1. The van der Waals surface area contributed by atoms with E-state index in [2.05, 4.69) is 28.1 Å². The van der Waals surface area contributed by atoms with E-state index in [9.17, 15) is 0 Å². The highest BCUT2D eigenvalue weighted by atomic mass is 16.5. The van der Waals surface area contributed by atoms with Crippen molar-refractivity contribution in [2.24, 2.45) is 0 Å². The zero-order valence-corrected chi connectivity index (χ0v) is 13.0. The first kappa shape index (κ1) is 14.1. The lowest BCUT2D eigenvalue weighted by atomic mass is 9.99. The first-order valence-corrected chi connectivity index (χ1v) is 8.44. The summed E-state index contributed by atoms with van der Waals surface area (Å²) in [7, 11) is 0. The summed E-state index contributed by atoms with van der Waals surface area (Å²) in [6.07, 6.45) is 6.76. The van der Waals surface area contributed by atoms with Crippen molar-refractivity contribution in [3.8, 4) is 0 Å². The van der Waals surface area contributed by atoms with Crippen LogP contribution in [-0.2, 0) is 11.3 Å². The second kappa shape index (κ2) is 6.31. The van der Waals surface area contributed by atoms with Crippen LogP contribution in [0.5, 0.6) is 0 Å². The number of fused-ring (bicyclic) bond motifs is 1. The molecule has 0 spiro atoms. The molecule has 2 fully saturated rings. The molecule has 2 aliphatic heterocycles. The van der Waals surface area contributed by atoms with E-state index in [-0.39, 0.29) is 0 Å². The molecule has 2 saturated heterocycles. The van der Waals surface area contributed by atoms with Gasteiger partial charge in [-0.1, -0.05) is 6.07 Å². The maximum atomic E-state index is 5.43. The molecule has 0 atom stereocenters. The summed E-state index contributed by atoms with van der Waals surface area (Å²) < 4.78 is 5.43. The molecule has 2 aromatic rings. The van der Waals surface area contributed by atoms with E-state index < -0.39 is 0 Å². The Morgan fingerprint density at radius 3 is 2.77 bits per heavy atom. The van der Waals surface area contributed by atoms with Gasteiger partial charge in [0, 0.05) is 37.3 Å². The molecule has 1 aromatic carbocycles. The Hall–Kier alpha value is -1.52. The first-order chi connectivity index (χ1) is 10.9. The number of hydrogen-bond acceptors (Lipinski definition) is 4. The number of likely N-dealkylation sites (tertiary alicyclic amines) is 1. The van der Waals surface area contributed by atoms with Crippen LogP contribution >= 0.6 is 0 Å². The standard InChI is InChI=1S/C18H23N3O/c1-2-8-21(7-1)13-14-3-4-17-16(11-14)12-19-18(20-17)15-5-9-22-10-6-15/h3-4,11-12,15H,1-2,5-10,13H2. The molecule has 4 nitrogen and oxygen atoms in total. The highest BCUT2D eigenvalue weighted by Gasteiger charge is 2.19. The summed E-state index contributed by atoms with van der Waals surface area (Å²) in [5.41, 5.74) is 2.44. The molecule has 0 unspecified atom stereocenters. The van der Waals surface area contributed by atoms with Gasteiger partial charge in [0.25, 0.3) is 0 Å². The minimum atomic E-state index is 0.461. The fourth-order valence-corrected chi connectivity index (χ4v) is 3.55. The van der Waals surface area contributed by atoms with Crippen molar-refractivity contribution in [3.05, 3.63) is 35.8 Å². The lowest BCUT2D eigenvalue weighted by Gasteiger charge is -2.20. The number of aromatic nitrogens is 2. The van der Waals surface area contributed by atoms with Gasteiger partial charge in [-0.25, -0.2) is 9.97 Å². The molecule has 22 heavy (non-hydrogen) atoms. The first-order valence-electron chi connectivity index (χ1n) is 8.44. The predicted molar refractivity (Wildman–Crippen MR) is 86.8 cm³/mol. The molecule has 0 radical (unpaired) electrons. The molecule has 0 saturated carbocycles. The zero-order chi connectivity index (χ0) is 14.8. The highest BCUT2D eigenvalue weighted by molar-refractivity contribution is 5.78. The number of benzene rings is 1. The van der Waals surface area contributed by atoms with Gasteiger partial charge in [-0.15, -0.1) is 0 Å². The topological polar surface area (TPSA) is 38.3 Å². The lowest BCUT2D eigenvalue weighted by Crippen LogP contribution is -2.18. The average molecular weight is 297 g/mol. The van der Waals surface area contributed by atoms with Gasteiger partial charge in [0.1, 0.15) is 5.82 Å². The van der Waals surface area contributed by atoms with Crippen LogP contribution in [-0.4, -0.2) is 41.2 Å². The van der Waals surface area contributed by atoms with Crippen LogP contribution in [0.4, 0.5) is 0 Å². The van der Waals surface area contributed by atoms with Crippen molar-refractivity contribution in [1.29, 1.82) is 0 Å². The van der Waals surface area contributed by atoms with Crippen LogP contribution < -0.4 is 0 Å². The third-order valence-corrected chi connectivity index (χ3v) is 4.85. The van der Waals surface area contributed by atoms with Crippen LogP contribution in [0.1, 0.15) is 43.0 Å². The largest absolute Gasteiger partial charge is 0.381 e. The molecule has 0 bridgehead atoms. The van der Waals surface area contributed by atoms with Gasteiger partial charge in [0.05, 0.1) is 5.52 Å². The van der Waals surface area contributed by atoms with Crippen molar-refractivity contribution in [1.82, 2.24) is 14.9 Å². The van der Waals surface area contributed by atoms with Gasteiger partial charge < -0.3 is 4.74 Å². The summed E-state index contributed by atoms with van der Waals surface area (Å²) >= 11 is 0. The van der Waals surface area contributed by atoms with Gasteiger partial charge in [-0.05, 0) is 56.5 Å². The van der Waals surface area contributed by atoms with Gasteiger partial charge in [0.15, 0.2) is 0 Å². The van der Waals surface area contributed by atoms with E-state index in [0.717, 1.165) is 49.3 Å². The Bertz CT molecular complexity index is 646. The van der Waals surface area contributed by atoms with Crippen molar-refractivity contribution in [2.45, 2.75) is 38.1 Å². The number of rotatable bonds is 3. The van der Waals surface area contributed by atoms with Crippen molar-refractivity contribution < 1.29 is 4.74 Å². The summed E-state index contributed by atoms with van der Waals surface area (Å²) in [6.45, 7) is 5.19. The molecule has 0 aliphatic carbocycles. The minimum Gasteiger partial charge on any atom is -0.381 e. The molecule has 4 heteroatoms. The Morgan fingerprint density at radius 2 is 1.95 bits per heavy atom. The van der Waals surface area contributed by atoms with Gasteiger partial charge >= 0.3 is 0 Å². The average Bonchev–Trinajstić information content (AvgIpc) is 3.08. The maximum Gasteiger partial charge on any atom is 0.132 e. The highest BCUT2D eigenvalue weighted by Crippen LogP contribution is 2.25. The van der Waals surface area contributed by atoms with Gasteiger partial charge in [0.2, 0.25) is 0 Å². The van der Waals surface area contributed by atoms with E-state index in [4.69, 9.17) is 9.72 Å². The van der Waals surface area contributed by atoms with Crippen LogP contribution in [0.3, 0.4) is 0 Å². The number of hydrogen-bond donors (Lipinski definition) is 0. The molecular weight excluding hydrogens is 274 g/mol. The van der Waals surface area contributed by atoms with Gasteiger partial charge in [-0.2, -0.15) is 0 Å². The summed E-state index contributed by atoms with van der Waals surface area (Å²) in [6, 6.07) is 6.63. The predicted octanol–water partition coefficient (Wildman–Crippen LogP) is 3.12. The van der Waals surface area contributed by atoms with Gasteiger partial charge in [-0.3, -0.25) is 4.90 Å². The van der Waals surface area contributed by atoms with Crippen molar-refractivity contribution in [2.75, 3.05) is 26.3 Å². The molecule has 1 aromatic heterocycles. The maximum absolute atomic E-state index is 5.43. The van der Waals surface area contributed by atoms with Crippen molar-refractivity contribution >= 4 is 10.9 Å². The van der Waals surface area contributed by atoms with E-state index in [0.29, 0.717) is 5.92 Å². The van der Waals surface area contributed by atoms with E-state index in [1.807, 2.05) is 6.20 Å². The monoisotopic (exact) mass is 297 g/mol. The Labute approximate surface area is 131 Å². The third kappa shape index (κ3) is 2.99. The normalized spacial score (nSPS) is 20.7. The third-order valence-electron chi connectivity index (χ3n) is 4.85. The molecule has 0 amide bonds. The van der Waals surface area contributed by atoms with E-state index >= 15 is 0 Å². The van der Waals surface area contributed by atoms with Crippen molar-refractivity contribution in [3.63, 3.8) is 0 Å². The fraction of sp³-hybridized carbons (Fsp3) is 0.556. The van der Waals surface area contributed by atoms with Crippen LogP contribution in [0.25, 0.3) is 10.9 Å². The second-order valence-electron chi connectivity index (χ2n) is 6.49. The molecule has 3 heterocycles. The number of nitrogens with zero attached hydrogens (tertiary/aromatic N) is 3. The Kier molecular flexibility index (Phi) is 4.04. The second-order valence-corrected chi connectivity index (χ2v) is 6.49. The van der Waals surface area contributed by atoms with E-state index in [1.165, 1.54) is 31.5 Å². The van der Waals surface area contributed by atoms with Crippen LogP contribution in [0.2, 0.25) is 0 Å². The quantitative estimate of drug-likeness (QED) is 0.872. The van der Waals surface area contributed by atoms with Crippen LogP contribution in [0, 0.1) is 0 Å². The summed E-state index contributed by atoms with van der Waals surface area (Å²) in [5.74, 6) is 1.45.